The smallest absolute Gasteiger partial charge is 0.253 e. The molecule has 1 fully saturated rings. The lowest BCUT2D eigenvalue weighted by Crippen LogP contribution is -2.52. The van der Waals surface area contributed by atoms with Crippen molar-refractivity contribution < 1.29 is 9.53 Å². The van der Waals surface area contributed by atoms with Crippen LogP contribution >= 0.6 is 0 Å². The molecule has 1 N–H and O–H groups in total. The number of nitrogens with one attached hydrogen (secondary N) is 1. The fraction of sp³-hybridized carbons (Fsp3) is 0.391. The van der Waals surface area contributed by atoms with Crippen LogP contribution in [0.1, 0.15) is 15.9 Å². The standard InChI is InChI=1S/C23H31N5O2/c1-24-23(25-17-18-8-10-19(11-9-18)22(29)26(2)3)28-14-12-27(13-15-28)20-6-5-7-21(16-20)30-4/h5-11,16H,12-15,17H2,1-4H3,(H,24,25). The van der Waals surface area contributed by atoms with Gasteiger partial charge in [0.1, 0.15) is 5.75 Å². The number of rotatable bonds is 5. The van der Waals surface area contributed by atoms with Crippen LogP contribution in [0.4, 0.5) is 5.69 Å². The summed E-state index contributed by atoms with van der Waals surface area (Å²) in [4.78, 5) is 22.7. The van der Waals surface area contributed by atoms with E-state index in [0.29, 0.717) is 12.1 Å². The number of amides is 1. The zero-order valence-corrected chi connectivity index (χ0v) is 18.3. The first-order valence-corrected chi connectivity index (χ1v) is 10.2. The molecule has 0 aliphatic carbocycles. The van der Waals surface area contributed by atoms with Crippen molar-refractivity contribution in [2.45, 2.75) is 6.54 Å². The van der Waals surface area contributed by atoms with Gasteiger partial charge in [-0.1, -0.05) is 18.2 Å². The minimum Gasteiger partial charge on any atom is -0.497 e. The van der Waals surface area contributed by atoms with E-state index in [1.807, 2.05) is 43.4 Å². The van der Waals surface area contributed by atoms with Gasteiger partial charge in [-0.3, -0.25) is 9.79 Å². The molecule has 30 heavy (non-hydrogen) atoms. The highest BCUT2D eigenvalue weighted by Crippen LogP contribution is 2.22. The van der Waals surface area contributed by atoms with Crippen LogP contribution in [0, 0.1) is 0 Å². The van der Waals surface area contributed by atoms with Gasteiger partial charge in [-0.2, -0.15) is 0 Å². The highest BCUT2D eigenvalue weighted by atomic mass is 16.5. The Hall–Kier alpha value is -3.22. The van der Waals surface area contributed by atoms with Gasteiger partial charge >= 0.3 is 0 Å². The summed E-state index contributed by atoms with van der Waals surface area (Å²) in [5, 5.41) is 3.44. The Morgan fingerprint density at radius 2 is 1.80 bits per heavy atom. The number of methoxy groups -OCH3 is 1. The van der Waals surface area contributed by atoms with E-state index in [2.05, 4.69) is 32.2 Å². The van der Waals surface area contributed by atoms with Gasteiger partial charge in [0.15, 0.2) is 5.96 Å². The summed E-state index contributed by atoms with van der Waals surface area (Å²) in [5.41, 5.74) is 2.99. The van der Waals surface area contributed by atoms with E-state index in [9.17, 15) is 4.79 Å². The summed E-state index contributed by atoms with van der Waals surface area (Å²) in [5.74, 6) is 1.79. The molecule has 0 radical (unpaired) electrons. The molecule has 3 rings (SSSR count). The van der Waals surface area contributed by atoms with E-state index in [0.717, 1.165) is 43.5 Å². The van der Waals surface area contributed by atoms with Crippen molar-refractivity contribution in [1.29, 1.82) is 0 Å². The second-order valence-corrected chi connectivity index (χ2v) is 7.47. The van der Waals surface area contributed by atoms with E-state index in [1.54, 1.807) is 26.1 Å². The first-order valence-electron chi connectivity index (χ1n) is 10.2. The van der Waals surface area contributed by atoms with Crippen molar-refractivity contribution in [2.24, 2.45) is 4.99 Å². The van der Waals surface area contributed by atoms with Gasteiger partial charge in [0.25, 0.3) is 5.91 Å². The Labute approximate surface area is 178 Å². The van der Waals surface area contributed by atoms with Crippen LogP contribution < -0.4 is 15.0 Å². The fourth-order valence-corrected chi connectivity index (χ4v) is 3.52. The molecule has 0 spiro atoms. The Morgan fingerprint density at radius 1 is 1.10 bits per heavy atom. The summed E-state index contributed by atoms with van der Waals surface area (Å²) >= 11 is 0. The molecule has 0 bridgehead atoms. The molecular formula is C23H31N5O2. The van der Waals surface area contributed by atoms with Crippen LogP contribution in [0.5, 0.6) is 5.75 Å². The molecule has 7 nitrogen and oxygen atoms in total. The maximum atomic E-state index is 12.0. The summed E-state index contributed by atoms with van der Waals surface area (Å²) in [6.45, 7) is 4.31. The number of ether oxygens (including phenoxy) is 1. The molecule has 2 aromatic rings. The first-order chi connectivity index (χ1) is 14.5. The van der Waals surface area contributed by atoms with Gasteiger partial charge in [-0.05, 0) is 29.8 Å². The van der Waals surface area contributed by atoms with Gasteiger partial charge in [-0.25, -0.2) is 0 Å². The number of hydrogen-bond donors (Lipinski definition) is 1. The number of nitrogens with zero attached hydrogens (tertiary/aromatic N) is 4. The average Bonchev–Trinajstić information content (AvgIpc) is 2.79. The lowest BCUT2D eigenvalue weighted by atomic mass is 10.1. The van der Waals surface area contributed by atoms with E-state index in [4.69, 9.17) is 4.74 Å². The Balaban J connectivity index is 1.53. The van der Waals surface area contributed by atoms with Crippen molar-refractivity contribution in [2.75, 3.05) is 59.3 Å². The Kier molecular flexibility index (Phi) is 7.17. The predicted molar refractivity (Wildman–Crippen MR) is 121 cm³/mol. The minimum atomic E-state index is 0.0132. The Morgan fingerprint density at radius 3 is 2.40 bits per heavy atom. The second-order valence-electron chi connectivity index (χ2n) is 7.47. The summed E-state index contributed by atoms with van der Waals surface area (Å²) in [7, 11) is 7.03. The second kappa shape index (κ2) is 10.0. The molecule has 2 aromatic carbocycles. The lowest BCUT2D eigenvalue weighted by molar-refractivity contribution is 0.0827. The highest BCUT2D eigenvalue weighted by molar-refractivity contribution is 5.93. The van der Waals surface area contributed by atoms with Gasteiger partial charge in [0.05, 0.1) is 7.11 Å². The molecule has 7 heteroatoms. The maximum absolute atomic E-state index is 12.0. The third-order valence-corrected chi connectivity index (χ3v) is 5.27. The predicted octanol–water partition coefficient (Wildman–Crippen LogP) is 2.29. The first kappa shape index (κ1) is 21.5. The third-order valence-electron chi connectivity index (χ3n) is 5.27. The molecule has 1 aliphatic rings. The normalized spacial score (nSPS) is 14.5. The average molecular weight is 410 g/mol. The summed E-state index contributed by atoms with van der Waals surface area (Å²) < 4.78 is 5.34. The number of anilines is 1. The third kappa shape index (κ3) is 5.23. The maximum Gasteiger partial charge on any atom is 0.253 e. The van der Waals surface area contributed by atoms with Crippen molar-refractivity contribution in [1.82, 2.24) is 15.1 Å². The molecule has 0 unspecified atom stereocenters. The molecule has 160 valence electrons. The topological polar surface area (TPSA) is 60.4 Å². The summed E-state index contributed by atoms with van der Waals surface area (Å²) in [6.07, 6.45) is 0. The van der Waals surface area contributed by atoms with E-state index >= 15 is 0 Å². The number of hydrogen-bond acceptors (Lipinski definition) is 4. The highest BCUT2D eigenvalue weighted by Gasteiger charge is 2.20. The molecule has 1 amide bonds. The lowest BCUT2D eigenvalue weighted by Gasteiger charge is -2.37. The molecule has 0 aromatic heterocycles. The van der Waals surface area contributed by atoms with Gasteiger partial charge in [-0.15, -0.1) is 0 Å². The van der Waals surface area contributed by atoms with Crippen molar-refractivity contribution in [3.8, 4) is 5.75 Å². The number of piperazine rings is 1. The van der Waals surface area contributed by atoms with E-state index in [-0.39, 0.29) is 5.91 Å². The van der Waals surface area contributed by atoms with E-state index < -0.39 is 0 Å². The van der Waals surface area contributed by atoms with Gasteiger partial charge < -0.3 is 24.8 Å². The quantitative estimate of drug-likeness (QED) is 0.607. The molecule has 1 heterocycles. The monoisotopic (exact) mass is 409 g/mol. The number of benzene rings is 2. The number of aliphatic imine (C=N–C) groups is 1. The zero-order chi connectivity index (χ0) is 21.5. The van der Waals surface area contributed by atoms with Crippen LogP contribution in [0.2, 0.25) is 0 Å². The molecule has 0 atom stereocenters. The van der Waals surface area contributed by atoms with E-state index in [1.165, 1.54) is 5.69 Å². The zero-order valence-electron chi connectivity index (χ0n) is 18.3. The van der Waals surface area contributed by atoms with Crippen LogP contribution in [0.15, 0.2) is 53.5 Å². The van der Waals surface area contributed by atoms with Crippen molar-refractivity contribution >= 4 is 17.6 Å². The summed E-state index contributed by atoms with van der Waals surface area (Å²) in [6, 6.07) is 15.9. The largest absolute Gasteiger partial charge is 0.497 e. The SMILES string of the molecule is CN=C(NCc1ccc(C(=O)N(C)C)cc1)N1CCN(c2cccc(OC)c2)CC1. The fourth-order valence-electron chi connectivity index (χ4n) is 3.52. The number of carbonyl (C=O) groups is 1. The number of guanidine groups is 1. The number of carbonyl (C=O) groups excluding carboxylic acids is 1. The van der Waals surface area contributed by atoms with Crippen molar-refractivity contribution in [3.05, 3.63) is 59.7 Å². The van der Waals surface area contributed by atoms with Gasteiger partial charge in [0, 0.05) is 71.2 Å². The minimum absolute atomic E-state index is 0.0132. The van der Waals surface area contributed by atoms with Crippen LogP contribution in [0.25, 0.3) is 0 Å². The molecule has 1 aliphatic heterocycles. The van der Waals surface area contributed by atoms with Gasteiger partial charge in [0.2, 0.25) is 0 Å². The van der Waals surface area contributed by atoms with Crippen LogP contribution in [0.3, 0.4) is 0 Å². The molecule has 1 saturated heterocycles. The molecular weight excluding hydrogens is 378 g/mol. The van der Waals surface area contributed by atoms with Crippen LogP contribution in [-0.2, 0) is 6.54 Å². The van der Waals surface area contributed by atoms with Crippen molar-refractivity contribution in [3.63, 3.8) is 0 Å². The Bertz CT molecular complexity index is 871. The molecule has 0 saturated carbocycles. The van der Waals surface area contributed by atoms with Crippen LogP contribution in [-0.4, -0.2) is 76.1 Å².